The highest BCUT2D eigenvalue weighted by molar-refractivity contribution is 5.86. The summed E-state index contributed by atoms with van der Waals surface area (Å²) < 4.78 is 0. The molecular weight excluding hydrogens is 339 g/mol. The zero-order valence-corrected chi connectivity index (χ0v) is 15.7. The molecule has 1 atom stereocenters. The molecule has 1 unspecified atom stereocenters. The zero-order valence-electron chi connectivity index (χ0n) is 14.1. The van der Waals surface area contributed by atoms with Crippen molar-refractivity contribution in [2.75, 3.05) is 45.8 Å². The van der Waals surface area contributed by atoms with E-state index in [9.17, 15) is 9.59 Å². The molecular formula is C15H30Cl2N4O2. The number of rotatable bonds is 4. The Hall–Kier alpha value is -0.560. The first-order valence-corrected chi connectivity index (χ1v) is 8.08. The van der Waals surface area contributed by atoms with E-state index in [1.165, 1.54) is 0 Å². The largest absolute Gasteiger partial charge is 0.355 e. The lowest BCUT2D eigenvalue weighted by molar-refractivity contribution is -0.140. The lowest BCUT2D eigenvalue weighted by Gasteiger charge is -2.41. The molecule has 0 saturated carbocycles. The average Bonchev–Trinajstić information content (AvgIpc) is 2.48. The average molecular weight is 369 g/mol. The van der Waals surface area contributed by atoms with Crippen molar-refractivity contribution in [2.24, 2.45) is 0 Å². The summed E-state index contributed by atoms with van der Waals surface area (Å²) in [5.74, 6) is 0.290. The van der Waals surface area contributed by atoms with Crippen molar-refractivity contribution < 1.29 is 9.59 Å². The van der Waals surface area contributed by atoms with Crippen LogP contribution in [0.5, 0.6) is 0 Å². The smallest absolute Gasteiger partial charge is 0.242 e. The van der Waals surface area contributed by atoms with Crippen LogP contribution in [0, 0.1) is 0 Å². The van der Waals surface area contributed by atoms with E-state index in [0.717, 1.165) is 52.0 Å². The van der Waals surface area contributed by atoms with Gasteiger partial charge in [0.25, 0.3) is 0 Å². The number of amides is 2. The van der Waals surface area contributed by atoms with Gasteiger partial charge in [-0.3, -0.25) is 14.5 Å². The first-order valence-electron chi connectivity index (χ1n) is 8.08. The van der Waals surface area contributed by atoms with Crippen molar-refractivity contribution in [3.63, 3.8) is 0 Å². The molecule has 2 amide bonds. The van der Waals surface area contributed by atoms with Crippen LogP contribution in [-0.2, 0) is 9.59 Å². The van der Waals surface area contributed by atoms with Gasteiger partial charge in [-0.25, -0.2) is 0 Å². The third kappa shape index (κ3) is 6.10. The Morgan fingerprint density at radius 3 is 2.30 bits per heavy atom. The Labute approximate surface area is 151 Å². The summed E-state index contributed by atoms with van der Waals surface area (Å²) >= 11 is 0. The molecule has 0 aromatic carbocycles. The van der Waals surface area contributed by atoms with Crippen LogP contribution in [0.1, 0.15) is 33.1 Å². The highest BCUT2D eigenvalue weighted by Gasteiger charge is 2.38. The summed E-state index contributed by atoms with van der Waals surface area (Å²) in [5.41, 5.74) is -0.389. The minimum absolute atomic E-state index is 0. The maximum atomic E-state index is 12.7. The topological polar surface area (TPSA) is 64.7 Å². The van der Waals surface area contributed by atoms with Gasteiger partial charge in [0.15, 0.2) is 0 Å². The fraction of sp³-hybridized carbons (Fsp3) is 0.867. The number of hydrogen-bond donors (Lipinski definition) is 2. The Morgan fingerprint density at radius 1 is 1.13 bits per heavy atom. The molecule has 2 saturated heterocycles. The van der Waals surface area contributed by atoms with Crippen molar-refractivity contribution >= 4 is 36.6 Å². The van der Waals surface area contributed by atoms with Crippen LogP contribution in [0.15, 0.2) is 0 Å². The molecule has 2 rings (SSSR count). The van der Waals surface area contributed by atoms with E-state index in [1.54, 1.807) is 0 Å². The zero-order chi connectivity index (χ0) is 15.3. The summed E-state index contributed by atoms with van der Waals surface area (Å²) in [4.78, 5) is 28.3. The molecule has 2 fully saturated rings. The van der Waals surface area contributed by atoms with Crippen LogP contribution in [-0.4, -0.2) is 73.0 Å². The van der Waals surface area contributed by atoms with E-state index >= 15 is 0 Å². The molecule has 2 aliphatic rings. The van der Waals surface area contributed by atoms with E-state index < -0.39 is 0 Å². The Kier molecular flexibility index (Phi) is 10.1. The van der Waals surface area contributed by atoms with Crippen molar-refractivity contribution in [3.8, 4) is 0 Å². The summed E-state index contributed by atoms with van der Waals surface area (Å²) in [7, 11) is 0. The molecule has 2 N–H and O–H groups in total. The molecule has 136 valence electrons. The van der Waals surface area contributed by atoms with Gasteiger partial charge in [0, 0.05) is 32.7 Å². The van der Waals surface area contributed by atoms with Gasteiger partial charge in [0.2, 0.25) is 11.8 Å². The second kappa shape index (κ2) is 10.3. The number of nitrogens with one attached hydrogen (secondary N) is 2. The maximum absolute atomic E-state index is 12.7. The predicted molar refractivity (Wildman–Crippen MR) is 96.5 cm³/mol. The summed E-state index contributed by atoms with van der Waals surface area (Å²) in [6.07, 6.45) is 3.19. The fourth-order valence-corrected chi connectivity index (χ4v) is 3.15. The molecule has 8 heteroatoms. The lowest BCUT2D eigenvalue weighted by Crippen LogP contribution is -2.61. The fourth-order valence-electron chi connectivity index (χ4n) is 3.15. The molecule has 0 bridgehead atoms. The molecule has 0 radical (unpaired) electrons. The molecule has 0 aliphatic carbocycles. The van der Waals surface area contributed by atoms with E-state index in [4.69, 9.17) is 0 Å². The van der Waals surface area contributed by atoms with Gasteiger partial charge in [-0.1, -0.05) is 0 Å². The number of carbonyl (C=O) groups is 2. The highest BCUT2D eigenvalue weighted by atomic mass is 35.5. The normalized spacial score (nSPS) is 25.0. The Morgan fingerprint density at radius 2 is 1.78 bits per heavy atom. The number of halogens is 2. The standard InChI is InChI=1S/C15H28N4O2.2ClH/c1-3-16-13(20)12-18-8-10-19(11-9-18)14(21)15(2)6-4-5-7-17-15;;/h17H,3-12H2,1-2H3,(H,16,20);2*1H. The molecule has 0 spiro atoms. The second-order valence-electron chi connectivity index (χ2n) is 6.24. The van der Waals surface area contributed by atoms with Gasteiger partial charge in [0.05, 0.1) is 12.1 Å². The minimum Gasteiger partial charge on any atom is -0.355 e. The van der Waals surface area contributed by atoms with E-state index in [-0.39, 0.29) is 42.2 Å². The van der Waals surface area contributed by atoms with Crippen molar-refractivity contribution in [1.29, 1.82) is 0 Å². The van der Waals surface area contributed by atoms with Gasteiger partial charge in [0.1, 0.15) is 0 Å². The number of piperazine rings is 1. The van der Waals surface area contributed by atoms with Gasteiger partial charge >= 0.3 is 0 Å². The minimum atomic E-state index is -0.389. The predicted octanol–water partition coefficient (Wildman–Crippen LogP) is 0.643. The van der Waals surface area contributed by atoms with Gasteiger partial charge in [-0.05, 0) is 39.7 Å². The van der Waals surface area contributed by atoms with E-state index in [1.807, 2.05) is 18.7 Å². The Balaban J connectivity index is 0.00000242. The molecule has 6 nitrogen and oxygen atoms in total. The second-order valence-corrected chi connectivity index (χ2v) is 6.24. The van der Waals surface area contributed by atoms with Crippen LogP contribution in [0.25, 0.3) is 0 Å². The van der Waals surface area contributed by atoms with Crippen LogP contribution < -0.4 is 10.6 Å². The van der Waals surface area contributed by atoms with Crippen molar-refractivity contribution in [3.05, 3.63) is 0 Å². The van der Waals surface area contributed by atoms with Gasteiger partial charge in [-0.15, -0.1) is 24.8 Å². The first kappa shape index (κ1) is 22.4. The van der Waals surface area contributed by atoms with Crippen LogP contribution in [0.4, 0.5) is 0 Å². The van der Waals surface area contributed by atoms with Crippen molar-refractivity contribution in [2.45, 2.75) is 38.6 Å². The van der Waals surface area contributed by atoms with Crippen LogP contribution >= 0.6 is 24.8 Å². The third-order valence-corrected chi connectivity index (χ3v) is 4.49. The highest BCUT2D eigenvalue weighted by Crippen LogP contribution is 2.22. The Bertz CT molecular complexity index is 382. The van der Waals surface area contributed by atoms with E-state index in [0.29, 0.717) is 13.1 Å². The number of nitrogens with zero attached hydrogens (tertiary/aromatic N) is 2. The monoisotopic (exact) mass is 368 g/mol. The first-order chi connectivity index (χ1) is 10.0. The SMILES string of the molecule is CCNC(=O)CN1CCN(C(=O)C2(C)CCCCN2)CC1.Cl.Cl. The molecule has 2 aliphatic heterocycles. The lowest BCUT2D eigenvalue weighted by atomic mass is 9.89. The number of hydrogen-bond acceptors (Lipinski definition) is 4. The maximum Gasteiger partial charge on any atom is 0.242 e. The number of likely N-dealkylation sites (N-methyl/N-ethyl adjacent to an activating group) is 1. The summed E-state index contributed by atoms with van der Waals surface area (Å²) in [5, 5.41) is 6.20. The van der Waals surface area contributed by atoms with Gasteiger partial charge < -0.3 is 15.5 Å². The molecule has 2 heterocycles. The number of carbonyl (C=O) groups excluding carboxylic acids is 2. The molecule has 0 aromatic rings. The molecule has 23 heavy (non-hydrogen) atoms. The summed E-state index contributed by atoms with van der Waals surface area (Å²) in [6.45, 7) is 8.97. The van der Waals surface area contributed by atoms with E-state index in [2.05, 4.69) is 15.5 Å². The van der Waals surface area contributed by atoms with Gasteiger partial charge in [-0.2, -0.15) is 0 Å². The van der Waals surface area contributed by atoms with Crippen molar-refractivity contribution in [1.82, 2.24) is 20.4 Å². The van der Waals surface area contributed by atoms with Crippen LogP contribution in [0.3, 0.4) is 0 Å². The number of piperidine rings is 1. The van der Waals surface area contributed by atoms with Crippen LogP contribution in [0.2, 0.25) is 0 Å². The summed E-state index contributed by atoms with van der Waals surface area (Å²) in [6, 6.07) is 0. The quantitative estimate of drug-likeness (QED) is 0.764. The molecule has 0 aromatic heterocycles. The third-order valence-electron chi connectivity index (χ3n) is 4.49.